The van der Waals surface area contributed by atoms with Crippen molar-refractivity contribution >= 4 is 0 Å². The summed E-state index contributed by atoms with van der Waals surface area (Å²) in [5.41, 5.74) is 11.3. The van der Waals surface area contributed by atoms with Crippen molar-refractivity contribution in [2.45, 2.75) is 39.3 Å². The molecule has 1 aliphatic rings. The molecule has 2 rings (SSSR count). The Bertz CT molecular complexity index is 373. The summed E-state index contributed by atoms with van der Waals surface area (Å²) in [5, 5.41) is 0. The van der Waals surface area contributed by atoms with Crippen LogP contribution in [0.3, 0.4) is 0 Å². The Morgan fingerprint density at radius 3 is 2.40 bits per heavy atom. The lowest BCUT2D eigenvalue weighted by Gasteiger charge is -2.19. The Kier molecular flexibility index (Phi) is 2.81. The van der Waals surface area contributed by atoms with Crippen molar-refractivity contribution in [2.75, 3.05) is 6.61 Å². The second-order valence-corrected chi connectivity index (χ2v) is 4.54. The molecule has 0 spiro atoms. The van der Waals surface area contributed by atoms with Crippen molar-refractivity contribution in [1.29, 1.82) is 0 Å². The molecule has 0 saturated carbocycles. The molecule has 0 amide bonds. The van der Waals surface area contributed by atoms with Crippen molar-refractivity contribution < 1.29 is 4.74 Å². The van der Waals surface area contributed by atoms with Crippen molar-refractivity contribution in [3.8, 4) is 0 Å². The summed E-state index contributed by atoms with van der Waals surface area (Å²) in [5.74, 6) is 0. The number of nitrogens with two attached hydrogens (primary N) is 1. The van der Waals surface area contributed by atoms with Crippen molar-refractivity contribution in [3.05, 3.63) is 34.4 Å². The highest BCUT2D eigenvalue weighted by molar-refractivity contribution is 5.38. The zero-order valence-electron chi connectivity index (χ0n) is 9.71. The van der Waals surface area contributed by atoms with Crippen LogP contribution in [0, 0.1) is 20.8 Å². The summed E-state index contributed by atoms with van der Waals surface area (Å²) in [6.07, 6.45) is 1.07. The summed E-state index contributed by atoms with van der Waals surface area (Å²) in [7, 11) is 0. The second kappa shape index (κ2) is 3.95. The van der Waals surface area contributed by atoms with E-state index in [1.165, 1.54) is 22.3 Å². The first-order valence-electron chi connectivity index (χ1n) is 5.54. The summed E-state index contributed by atoms with van der Waals surface area (Å²) < 4.78 is 5.70. The molecule has 2 N–H and O–H groups in total. The second-order valence-electron chi connectivity index (χ2n) is 4.54. The highest BCUT2D eigenvalue weighted by Crippen LogP contribution is 2.31. The average Bonchev–Trinajstić information content (AvgIpc) is 2.58. The summed E-state index contributed by atoms with van der Waals surface area (Å²) in [4.78, 5) is 0. The molecular weight excluding hydrogens is 186 g/mol. The molecule has 82 valence electrons. The lowest BCUT2D eigenvalue weighted by Crippen LogP contribution is -2.24. The number of hydrogen-bond donors (Lipinski definition) is 1. The van der Waals surface area contributed by atoms with E-state index in [4.69, 9.17) is 10.5 Å². The predicted molar refractivity (Wildman–Crippen MR) is 61.9 cm³/mol. The van der Waals surface area contributed by atoms with Gasteiger partial charge in [-0.2, -0.15) is 0 Å². The third kappa shape index (κ3) is 1.92. The molecule has 0 radical (unpaired) electrons. The highest BCUT2D eigenvalue weighted by atomic mass is 16.5. The van der Waals surface area contributed by atoms with E-state index in [9.17, 15) is 0 Å². The van der Waals surface area contributed by atoms with Gasteiger partial charge in [0.25, 0.3) is 0 Å². The standard InChI is InChI=1S/C13H19NO/c1-8-6-10(3)11(7-9(8)2)13-12(14)4-5-15-13/h6-7,12-13H,4-5,14H2,1-3H3. The third-order valence-electron chi connectivity index (χ3n) is 3.33. The zero-order chi connectivity index (χ0) is 11.0. The quantitative estimate of drug-likeness (QED) is 0.764. The van der Waals surface area contributed by atoms with Gasteiger partial charge >= 0.3 is 0 Å². The maximum absolute atomic E-state index is 6.04. The molecule has 2 atom stereocenters. The Morgan fingerprint density at radius 2 is 1.80 bits per heavy atom. The van der Waals surface area contributed by atoms with E-state index >= 15 is 0 Å². The zero-order valence-corrected chi connectivity index (χ0v) is 9.71. The molecule has 1 saturated heterocycles. The van der Waals surface area contributed by atoms with Gasteiger partial charge in [0, 0.05) is 12.6 Å². The fraction of sp³-hybridized carbons (Fsp3) is 0.538. The fourth-order valence-corrected chi connectivity index (χ4v) is 2.22. The van der Waals surface area contributed by atoms with E-state index in [0.717, 1.165) is 13.0 Å². The highest BCUT2D eigenvalue weighted by Gasteiger charge is 2.27. The molecule has 0 aliphatic carbocycles. The van der Waals surface area contributed by atoms with Crippen LogP contribution >= 0.6 is 0 Å². The Hall–Kier alpha value is -0.860. The molecule has 1 heterocycles. The molecule has 1 aliphatic heterocycles. The van der Waals surface area contributed by atoms with E-state index in [2.05, 4.69) is 32.9 Å². The van der Waals surface area contributed by atoms with Crippen LogP contribution in [0.2, 0.25) is 0 Å². The van der Waals surface area contributed by atoms with Crippen LogP contribution in [0.15, 0.2) is 12.1 Å². The van der Waals surface area contributed by atoms with E-state index in [-0.39, 0.29) is 12.1 Å². The minimum absolute atomic E-state index is 0.101. The minimum atomic E-state index is 0.101. The molecule has 2 heteroatoms. The first-order valence-corrected chi connectivity index (χ1v) is 5.54. The van der Waals surface area contributed by atoms with E-state index in [1.807, 2.05) is 0 Å². The van der Waals surface area contributed by atoms with Gasteiger partial charge in [0.15, 0.2) is 0 Å². The van der Waals surface area contributed by atoms with Gasteiger partial charge in [-0.25, -0.2) is 0 Å². The molecule has 2 nitrogen and oxygen atoms in total. The van der Waals surface area contributed by atoms with Gasteiger partial charge in [0.1, 0.15) is 0 Å². The number of ether oxygens (including phenoxy) is 1. The van der Waals surface area contributed by atoms with Crippen molar-refractivity contribution in [3.63, 3.8) is 0 Å². The Balaban J connectivity index is 2.39. The lowest BCUT2D eigenvalue weighted by molar-refractivity contribution is 0.104. The third-order valence-corrected chi connectivity index (χ3v) is 3.33. The summed E-state index contributed by atoms with van der Waals surface area (Å²) >= 11 is 0. The van der Waals surface area contributed by atoms with Gasteiger partial charge in [-0.15, -0.1) is 0 Å². The van der Waals surface area contributed by atoms with Gasteiger partial charge in [-0.3, -0.25) is 0 Å². The van der Waals surface area contributed by atoms with Crippen LogP contribution in [0.25, 0.3) is 0 Å². The van der Waals surface area contributed by atoms with Crippen LogP contribution in [-0.2, 0) is 4.74 Å². The lowest BCUT2D eigenvalue weighted by atomic mass is 9.94. The molecular formula is C13H19NO. The number of aryl methyl sites for hydroxylation is 3. The molecule has 1 fully saturated rings. The fourth-order valence-electron chi connectivity index (χ4n) is 2.22. The molecule has 15 heavy (non-hydrogen) atoms. The van der Waals surface area contributed by atoms with Crippen molar-refractivity contribution in [1.82, 2.24) is 0 Å². The maximum Gasteiger partial charge on any atom is 0.0979 e. The number of hydrogen-bond acceptors (Lipinski definition) is 2. The van der Waals surface area contributed by atoms with Gasteiger partial charge in [0.05, 0.1) is 6.10 Å². The molecule has 1 aromatic rings. The number of rotatable bonds is 1. The van der Waals surface area contributed by atoms with Crippen LogP contribution in [-0.4, -0.2) is 12.6 Å². The van der Waals surface area contributed by atoms with E-state index < -0.39 is 0 Å². The topological polar surface area (TPSA) is 35.2 Å². The summed E-state index contributed by atoms with van der Waals surface area (Å²) in [6, 6.07) is 4.60. The van der Waals surface area contributed by atoms with Gasteiger partial charge in [0.2, 0.25) is 0 Å². The first-order chi connectivity index (χ1) is 7.09. The van der Waals surface area contributed by atoms with Gasteiger partial charge in [-0.05, 0) is 49.4 Å². The first kappa shape index (κ1) is 10.7. The van der Waals surface area contributed by atoms with E-state index in [0.29, 0.717) is 0 Å². The number of benzene rings is 1. The van der Waals surface area contributed by atoms with Crippen molar-refractivity contribution in [2.24, 2.45) is 5.73 Å². The van der Waals surface area contributed by atoms with Crippen LogP contribution in [0.1, 0.15) is 34.8 Å². The van der Waals surface area contributed by atoms with Crippen LogP contribution in [0.4, 0.5) is 0 Å². The van der Waals surface area contributed by atoms with E-state index in [1.54, 1.807) is 0 Å². The van der Waals surface area contributed by atoms with Gasteiger partial charge in [-0.1, -0.05) is 12.1 Å². The molecule has 1 aromatic carbocycles. The smallest absolute Gasteiger partial charge is 0.0979 e. The predicted octanol–water partition coefficient (Wildman–Crippen LogP) is 2.40. The summed E-state index contributed by atoms with van der Waals surface area (Å²) in [6.45, 7) is 7.20. The molecule has 2 unspecified atom stereocenters. The molecule has 0 bridgehead atoms. The Morgan fingerprint density at radius 1 is 1.13 bits per heavy atom. The minimum Gasteiger partial charge on any atom is -0.372 e. The monoisotopic (exact) mass is 205 g/mol. The van der Waals surface area contributed by atoms with Crippen LogP contribution < -0.4 is 5.73 Å². The average molecular weight is 205 g/mol. The SMILES string of the molecule is Cc1cc(C)c(C2OCCC2N)cc1C. The molecule has 0 aromatic heterocycles. The maximum atomic E-state index is 6.04. The normalized spacial score (nSPS) is 25.9. The largest absolute Gasteiger partial charge is 0.372 e. The Labute approximate surface area is 91.4 Å². The van der Waals surface area contributed by atoms with Gasteiger partial charge < -0.3 is 10.5 Å². The van der Waals surface area contributed by atoms with Crippen LogP contribution in [0.5, 0.6) is 0 Å².